The Morgan fingerprint density at radius 2 is 1.77 bits per heavy atom. The van der Waals surface area contributed by atoms with E-state index in [1.54, 1.807) is 4.68 Å². The summed E-state index contributed by atoms with van der Waals surface area (Å²) in [4.78, 5) is 29.7. The van der Waals surface area contributed by atoms with Crippen LogP contribution in [-0.2, 0) is 0 Å². The van der Waals surface area contributed by atoms with E-state index in [0.717, 1.165) is 5.56 Å². The van der Waals surface area contributed by atoms with E-state index < -0.39 is 17.8 Å². The molecule has 2 fully saturated rings. The molecule has 1 unspecified atom stereocenters. The number of halogens is 2. The molecule has 2 aromatic heterocycles. The molecule has 3 heterocycles. The van der Waals surface area contributed by atoms with Crippen molar-refractivity contribution in [1.29, 1.82) is 0 Å². The van der Waals surface area contributed by atoms with Crippen molar-refractivity contribution in [2.45, 2.75) is 18.9 Å². The number of amides is 2. The number of carboxylic acid groups (broad SMARTS) is 1. The van der Waals surface area contributed by atoms with Gasteiger partial charge in [0.15, 0.2) is 11.6 Å². The largest absolute Gasteiger partial charge is 0.465 e. The molecule has 1 aliphatic heterocycles. The lowest BCUT2D eigenvalue weighted by Crippen LogP contribution is -2.28. The topological polar surface area (TPSA) is 100 Å². The van der Waals surface area contributed by atoms with Gasteiger partial charge in [0.1, 0.15) is 5.69 Å². The Hall–Kier alpha value is -3.90. The van der Waals surface area contributed by atoms with Crippen LogP contribution in [0.1, 0.15) is 40.5 Å². The van der Waals surface area contributed by atoms with Crippen LogP contribution >= 0.6 is 11.6 Å². The van der Waals surface area contributed by atoms with Gasteiger partial charge in [-0.05, 0) is 42.9 Å². The van der Waals surface area contributed by atoms with Gasteiger partial charge < -0.3 is 15.3 Å². The molecule has 0 bridgehead atoms. The first-order chi connectivity index (χ1) is 16.9. The number of fused-ring (bicyclic) bond motifs is 1. The van der Waals surface area contributed by atoms with Crippen LogP contribution < -0.4 is 5.32 Å². The van der Waals surface area contributed by atoms with Crippen LogP contribution in [0, 0.1) is 29.5 Å². The van der Waals surface area contributed by atoms with Gasteiger partial charge in [-0.25, -0.2) is 14.2 Å². The highest BCUT2D eigenvalue weighted by molar-refractivity contribution is 6.34. The molecule has 2 amide bonds. The summed E-state index contributed by atoms with van der Waals surface area (Å²) in [5, 5.41) is 16.2. The van der Waals surface area contributed by atoms with E-state index in [0.29, 0.717) is 31.5 Å². The lowest BCUT2D eigenvalue weighted by Gasteiger charge is -2.18. The summed E-state index contributed by atoms with van der Waals surface area (Å²) in [6.45, 7) is 0.948. The van der Waals surface area contributed by atoms with Gasteiger partial charge in [-0.15, -0.1) is 0 Å². The van der Waals surface area contributed by atoms with Crippen LogP contribution in [0.2, 0.25) is 5.02 Å². The fraction of sp³-hybridized carbons (Fsp3) is 0.280. The molecule has 2 N–H and O–H groups in total. The average molecular weight is 494 g/mol. The van der Waals surface area contributed by atoms with Crippen LogP contribution in [0.3, 0.4) is 0 Å². The molecule has 1 aromatic carbocycles. The maximum Gasteiger partial charge on any atom is 0.407 e. The molecule has 1 aliphatic carbocycles. The molecule has 0 radical (unpaired) electrons. The minimum Gasteiger partial charge on any atom is -0.465 e. The fourth-order valence-electron chi connectivity index (χ4n) is 4.89. The van der Waals surface area contributed by atoms with E-state index in [1.165, 1.54) is 23.4 Å². The standard InChI is InChI=1S/C25H21ClFN5O3/c26-20-12-29-32(19-9-17-13-31(25(34)35)14-18(17)10-19)22(20)24(33)30-23-21(27)8-16(11-28-23)7-6-15-4-2-1-3-5-15/h1-5,8,11-12,17-19H,9-10,13-14H2,(H,34,35)(H,28,30,33)/t17-,18+,19?. The number of pyridine rings is 1. The quantitative estimate of drug-likeness (QED) is 0.530. The van der Waals surface area contributed by atoms with Gasteiger partial charge in [-0.2, -0.15) is 5.10 Å². The zero-order chi connectivity index (χ0) is 24.5. The highest BCUT2D eigenvalue weighted by Crippen LogP contribution is 2.44. The summed E-state index contributed by atoms with van der Waals surface area (Å²) in [6, 6.07) is 10.4. The van der Waals surface area contributed by atoms with Crippen molar-refractivity contribution in [2.75, 3.05) is 18.4 Å². The van der Waals surface area contributed by atoms with Crippen LogP contribution in [0.5, 0.6) is 0 Å². The van der Waals surface area contributed by atoms with E-state index in [9.17, 15) is 19.1 Å². The number of nitrogens with one attached hydrogen (secondary N) is 1. The second kappa shape index (κ2) is 9.39. The minimum absolute atomic E-state index is 0.0948. The highest BCUT2D eigenvalue weighted by atomic mass is 35.5. The molecule has 1 saturated heterocycles. The van der Waals surface area contributed by atoms with Gasteiger partial charge in [0, 0.05) is 30.4 Å². The lowest BCUT2D eigenvalue weighted by atomic mass is 10.0. The SMILES string of the molecule is O=C(Nc1ncc(C#Cc2ccccc2)cc1F)c1c(Cl)cnn1C1C[C@@H]2CN(C(=O)O)C[C@@H]2C1. The van der Waals surface area contributed by atoms with Crippen molar-refractivity contribution in [3.8, 4) is 11.8 Å². The number of carbonyl (C=O) groups is 2. The summed E-state index contributed by atoms with van der Waals surface area (Å²) < 4.78 is 16.3. The van der Waals surface area contributed by atoms with E-state index in [2.05, 4.69) is 27.2 Å². The fourth-order valence-corrected chi connectivity index (χ4v) is 5.10. The van der Waals surface area contributed by atoms with Gasteiger partial charge >= 0.3 is 6.09 Å². The lowest BCUT2D eigenvalue weighted by molar-refractivity contribution is 0.101. The van der Waals surface area contributed by atoms with Crippen molar-refractivity contribution in [2.24, 2.45) is 11.8 Å². The number of hydrogen-bond acceptors (Lipinski definition) is 4. The first-order valence-electron chi connectivity index (χ1n) is 11.1. The Balaban J connectivity index is 1.30. The second-order valence-electron chi connectivity index (χ2n) is 8.74. The van der Waals surface area contributed by atoms with E-state index in [4.69, 9.17) is 11.6 Å². The molecule has 1 saturated carbocycles. The first-order valence-corrected chi connectivity index (χ1v) is 11.5. The zero-order valence-corrected chi connectivity index (χ0v) is 19.2. The third-order valence-corrected chi connectivity index (χ3v) is 6.78. The van der Waals surface area contributed by atoms with Crippen molar-refractivity contribution in [3.63, 3.8) is 0 Å². The molecular formula is C25H21ClFN5O3. The van der Waals surface area contributed by atoms with Gasteiger partial charge in [0.2, 0.25) is 0 Å². The predicted octanol–water partition coefficient (Wildman–Crippen LogP) is 4.28. The summed E-state index contributed by atoms with van der Waals surface area (Å²) in [6.07, 6.45) is 3.24. The molecule has 0 spiro atoms. The Bertz CT molecular complexity index is 1340. The third-order valence-electron chi connectivity index (χ3n) is 6.51. The van der Waals surface area contributed by atoms with Crippen molar-refractivity contribution in [3.05, 3.63) is 76.5 Å². The highest BCUT2D eigenvalue weighted by Gasteiger charge is 2.44. The molecule has 8 nitrogen and oxygen atoms in total. The van der Waals surface area contributed by atoms with Gasteiger partial charge in [0.25, 0.3) is 5.91 Å². The Kier molecular flexibility index (Phi) is 6.14. The monoisotopic (exact) mass is 493 g/mol. The van der Waals surface area contributed by atoms with E-state index >= 15 is 0 Å². The van der Waals surface area contributed by atoms with Gasteiger partial charge in [0.05, 0.1) is 17.3 Å². The Labute approximate surface area is 205 Å². The minimum atomic E-state index is -0.912. The zero-order valence-electron chi connectivity index (χ0n) is 18.5. The summed E-state index contributed by atoms with van der Waals surface area (Å²) in [5.74, 6) is 4.63. The van der Waals surface area contributed by atoms with Crippen molar-refractivity contribution >= 4 is 29.4 Å². The molecule has 3 aromatic rings. The van der Waals surface area contributed by atoms with Gasteiger partial charge in [-0.3, -0.25) is 9.48 Å². The van der Waals surface area contributed by atoms with E-state index in [1.807, 2.05) is 30.3 Å². The molecule has 178 valence electrons. The Morgan fingerprint density at radius 3 is 2.43 bits per heavy atom. The maximum atomic E-state index is 14.7. The predicted molar refractivity (Wildman–Crippen MR) is 127 cm³/mol. The normalized spacial score (nSPS) is 20.7. The van der Waals surface area contributed by atoms with Crippen LogP contribution in [0.25, 0.3) is 0 Å². The van der Waals surface area contributed by atoms with Crippen LogP contribution in [-0.4, -0.2) is 49.9 Å². The number of likely N-dealkylation sites (tertiary alicyclic amines) is 1. The second-order valence-corrected chi connectivity index (χ2v) is 9.15. The number of nitrogens with zero attached hydrogens (tertiary/aromatic N) is 4. The molecular weight excluding hydrogens is 473 g/mol. The summed E-state index contributed by atoms with van der Waals surface area (Å²) in [7, 11) is 0. The summed E-state index contributed by atoms with van der Waals surface area (Å²) >= 11 is 6.27. The molecule has 3 atom stereocenters. The van der Waals surface area contributed by atoms with E-state index in [-0.39, 0.29) is 34.4 Å². The summed E-state index contributed by atoms with van der Waals surface area (Å²) in [5.41, 5.74) is 1.29. The number of benzene rings is 1. The first kappa shape index (κ1) is 22.9. The van der Waals surface area contributed by atoms with Crippen LogP contribution in [0.15, 0.2) is 48.8 Å². The van der Waals surface area contributed by atoms with Crippen LogP contribution in [0.4, 0.5) is 15.0 Å². The number of anilines is 1. The Morgan fingerprint density at radius 1 is 1.09 bits per heavy atom. The molecule has 35 heavy (non-hydrogen) atoms. The third kappa shape index (κ3) is 4.70. The van der Waals surface area contributed by atoms with Crippen molar-refractivity contribution in [1.82, 2.24) is 19.7 Å². The average Bonchev–Trinajstić information content (AvgIpc) is 3.53. The number of hydrogen-bond donors (Lipinski definition) is 2. The number of aromatic nitrogens is 3. The number of carbonyl (C=O) groups excluding carboxylic acids is 1. The van der Waals surface area contributed by atoms with Crippen molar-refractivity contribution < 1.29 is 19.1 Å². The van der Waals surface area contributed by atoms with Gasteiger partial charge in [-0.1, -0.05) is 41.6 Å². The molecule has 2 aliphatic rings. The smallest absolute Gasteiger partial charge is 0.407 e. The molecule has 5 rings (SSSR count). The maximum absolute atomic E-state index is 14.7. The molecule has 10 heteroatoms. The number of rotatable bonds is 3.